The van der Waals surface area contributed by atoms with Gasteiger partial charge in [0.2, 0.25) is 0 Å². The molecule has 3 nitrogen and oxygen atoms in total. The van der Waals surface area contributed by atoms with Gasteiger partial charge in [-0.3, -0.25) is 0 Å². The quantitative estimate of drug-likeness (QED) is 0.681. The molecule has 0 saturated heterocycles. The van der Waals surface area contributed by atoms with E-state index < -0.39 is 6.10 Å². The Kier molecular flexibility index (Phi) is 6.11. The minimum absolute atomic E-state index is 0.130. The molecule has 0 spiro atoms. The number of thioether (sulfide) groups is 1. The fraction of sp³-hybridized carbons (Fsp3) is 1.00. The lowest BCUT2D eigenvalue weighted by molar-refractivity contribution is 0.113. The highest BCUT2D eigenvalue weighted by Crippen LogP contribution is 2.36. The van der Waals surface area contributed by atoms with Gasteiger partial charge in [0.15, 0.2) is 0 Å². The number of hydrogen-bond donors (Lipinski definition) is 3. The average Bonchev–Trinajstić information content (AvgIpc) is 2.26. The summed E-state index contributed by atoms with van der Waals surface area (Å²) < 4.78 is 0. The van der Waals surface area contributed by atoms with Gasteiger partial charge in [-0.05, 0) is 31.7 Å². The Balaban J connectivity index is 2.47. The second-order valence-electron chi connectivity index (χ2n) is 5.08. The van der Waals surface area contributed by atoms with Crippen LogP contribution in [0.15, 0.2) is 0 Å². The van der Waals surface area contributed by atoms with E-state index in [0.29, 0.717) is 23.0 Å². The highest BCUT2D eigenvalue weighted by molar-refractivity contribution is 8.00. The molecule has 96 valence electrons. The van der Waals surface area contributed by atoms with Gasteiger partial charge in [0.05, 0.1) is 12.7 Å². The molecule has 0 aromatic carbocycles. The van der Waals surface area contributed by atoms with Gasteiger partial charge in [-0.25, -0.2) is 0 Å². The largest absolute Gasteiger partial charge is 0.394 e. The van der Waals surface area contributed by atoms with Crippen molar-refractivity contribution >= 4 is 11.8 Å². The van der Waals surface area contributed by atoms with Crippen molar-refractivity contribution in [1.29, 1.82) is 0 Å². The van der Waals surface area contributed by atoms with E-state index >= 15 is 0 Å². The smallest absolute Gasteiger partial charge is 0.0861 e. The first-order chi connectivity index (χ1) is 7.58. The topological polar surface area (TPSA) is 52.5 Å². The molecule has 4 heteroatoms. The highest BCUT2D eigenvalue weighted by atomic mass is 32.2. The van der Waals surface area contributed by atoms with Crippen LogP contribution in [0.2, 0.25) is 0 Å². The normalized spacial score (nSPS) is 37.3. The van der Waals surface area contributed by atoms with E-state index in [4.69, 9.17) is 5.11 Å². The van der Waals surface area contributed by atoms with Crippen molar-refractivity contribution in [3.8, 4) is 0 Å². The van der Waals surface area contributed by atoms with E-state index in [1.54, 1.807) is 11.8 Å². The second kappa shape index (κ2) is 6.84. The van der Waals surface area contributed by atoms with Gasteiger partial charge < -0.3 is 15.5 Å². The number of aliphatic hydroxyl groups is 2. The molecule has 0 heterocycles. The van der Waals surface area contributed by atoms with Crippen LogP contribution in [0.1, 0.15) is 26.7 Å². The van der Waals surface area contributed by atoms with Crippen LogP contribution < -0.4 is 5.32 Å². The third-order valence-corrected chi connectivity index (χ3v) is 5.21. The van der Waals surface area contributed by atoms with Crippen LogP contribution in [0.25, 0.3) is 0 Å². The fourth-order valence-corrected chi connectivity index (χ4v) is 4.14. The zero-order chi connectivity index (χ0) is 12.1. The summed E-state index contributed by atoms with van der Waals surface area (Å²) in [4.78, 5) is 0. The van der Waals surface area contributed by atoms with Crippen LogP contribution >= 0.6 is 11.8 Å². The van der Waals surface area contributed by atoms with Gasteiger partial charge in [-0.1, -0.05) is 13.8 Å². The van der Waals surface area contributed by atoms with Gasteiger partial charge in [0.1, 0.15) is 0 Å². The Labute approximate surface area is 103 Å². The highest BCUT2D eigenvalue weighted by Gasteiger charge is 2.33. The van der Waals surface area contributed by atoms with Crippen molar-refractivity contribution in [2.24, 2.45) is 11.8 Å². The Hall–Kier alpha value is 0.230. The predicted octanol–water partition coefficient (Wildman–Crippen LogP) is 1.10. The fourth-order valence-electron chi connectivity index (χ4n) is 2.67. The molecule has 0 amide bonds. The first-order valence-corrected chi connectivity index (χ1v) is 7.21. The lowest BCUT2D eigenvalue weighted by Crippen LogP contribution is -2.45. The van der Waals surface area contributed by atoms with Gasteiger partial charge in [-0.2, -0.15) is 11.8 Å². The first kappa shape index (κ1) is 14.3. The molecular formula is C12H25NO2S. The molecule has 3 N–H and O–H groups in total. The van der Waals surface area contributed by atoms with E-state index in [2.05, 4.69) is 19.2 Å². The SMILES string of the molecule is CNC1CC(C)CC(C)C1SCC(O)CO. The number of aliphatic hydroxyl groups excluding tert-OH is 2. The first-order valence-electron chi connectivity index (χ1n) is 6.16. The molecule has 0 bridgehead atoms. The molecule has 1 aliphatic carbocycles. The molecule has 1 saturated carbocycles. The van der Waals surface area contributed by atoms with Gasteiger partial charge in [0.25, 0.3) is 0 Å². The van der Waals surface area contributed by atoms with E-state index in [-0.39, 0.29) is 6.61 Å². The molecule has 1 rings (SSSR count). The molecule has 16 heavy (non-hydrogen) atoms. The zero-order valence-corrected chi connectivity index (χ0v) is 11.3. The lowest BCUT2D eigenvalue weighted by Gasteiger charge is -2.39. The molecule has 0 aromatic rings. The van der Waals surface area contributed by atoms with Gasteiger partial charge in [-0.15, -0.1) is 0 Å². The molecule has 0 radical (unpaired) electrons. The number of rotatable bonds is 5. The third-order valence-electron chi connectivity index (χ3n) is 3.45. The Morgan fingerprint density at radius 2 is 2.06 bits per heavy atom. The van der Waals surface area contributed by atoms with Crippen molar-refractivity contribution in [3.63, 3.8) is 0 Å². The van der Waals surface area contributed by atoms with Crippen molar-refractivity contribution in [1.82, 2.24) is 5.32 Å². The van der Waals surface area contributed by atoms with Crippen LogP contribution in [0, 0.1) is 11.8 Å². The van der Waals surface area contributed by atoms with Gasteiger partial charge in [0, 0.05) is 17.0 Å². The van der Waals surface area contributed by atoms with E-state index in [0.717, 1.165) is 5.92 Å². The summed E-state index contributed by atoms with van der Waals surface area (Å²) in [5.74, 6) is 2.10. The van der Waals surface area contributed by atoms with Crippen LogP contribution in [0.3, 0.4) is 0 Å². The zero-order valence-electron chi connectivity index (χ0n) is 10.5. The van der Waals surface area contributed by atoms with E-state index in [1.165, 1.54) is 12.8 Å². The van der Waals surface area contributed by atoms with Crippen LogP contribution in [0.5, 0.6) is 0 Å². The molecule has 0 aromatic heterocycles. The lowest BCUT2D eigenvalue weighted by atomic mass is 9.80. The average molecular weight is 247 g/mol. The van der Waals surface area contributed by atoms with Crippen LogP contribution in [-0.2, 0) is 0 Å². The molecule has 1 aliphatic rings. The van der Waals surface area contributed by atoms with E-state index in [9.17, 15) is 5.11 Å². The molecule has 5 unspecified atom stereocenters. The molecule has 1 fully saturated rings. The van der Waals surface area contributed by atoms with Crippen molar-refractivity contribution in [2.45, 2.75) is 44.1 Å². The summed E-state index contributed by atoms with van der Waals surface area (Å²) in [6.07, 6.45) is 1.91. The summed E-state index contributed by atoms with van der Waals surface area (Å²) in [5.41, 5.74) is 0. The summed E-state index contributed by atoms with van der Waals surface area (Å²) in [6, 6.07) is 0.537. The maximum Gasteiger partial charge on any atom is 0.0861 e. The van der Waals surface area contributed by atoms with Crippen molar-refractivity contribution < 1.29 is 10.2 Å². The summed E-state index contributed by atoms with van der Waals surface area (Å²) in [6.45, 7) is 4.47. The van der Waals surface area contributed by atoms with Crippen molar-refractivity contribution in [2.75, 3.05) is 19.4 Å². The summed E-state index contributed by atoms with van der Waals surface area (Å²) >= 11 is 1.80. The predicted molar refractivity (Wildman–Crippen MR) is 69.7 cm³/mol. The molecular weight excluding hydrogens is 222 g/mol. The second-order valence-corrected chi connectivity index (χ2v) is 6.29. The standard InChI is InChI=1S/C12H25NO2S/c1-8-4-9(2)12(11(5-8)13-3)16-7-10(15)6-14/h8-15H,4-7H2,1-3H3. The monoisotopic (exact) mass is 247 g/mol. The third kappa shape index (κ3) is 3.91. The Morgan fingerprint density at radius 1 is 1.38 bits per heavy atom. The minimum atomic E-state index is -0.575. The molecule has 0 aliphatic heterocycles. The number of nitrogens with one attached hydrogen (secondary N) is 1. The maximum absolute atomic E-state index is 9.39. The minimum Gasteiger partial charge on any atom is -0.394 e. The van der Waals surface area contributed by atoms with Crippen molar-refractivity contribution in [3.05, 3.63) is 0 Å². The summed E-state index contributed by atoms with van der Waals surface area (Å²) in [7, 11) is 2.02. The van der Waals surface area contributed by atoms with Crippen LogP contribution in [0.4, 0.5) is 0 Å². The van der Waals surface area contributed by atoms with E-state index in [1.807, 2.05) is 7.05 Å². The molecule has 5 atom stereocenters. The van der Waals surface area contributed by atoms with Crippen LogP contribution in [-0.4, -0.2) is 47.0 Å². The Bertz CT molecular complexity index is 203. The Morgan fingerprint density at radius 3 is 2.62 bits per heavy atom. The van der Waals surface area contributed by atoms with Gasteiger partial charge >= 0.3 is 0 Å². The maximum atomic E-state index is 9.39. The number of hydrogen-bond acceptors (Lipinski definition) is 4. The summed E-state index contributed by atoms with van der Waals surface area (Å²) in [5, 5.41) is 22.2.